The number of aromatic amines is 1. The van der Waals surface area contributed by atoms with Crippen molar-refractivity contribution in [3.05, 3.63) is 108 Å². The molecule has 0 spiro atoms. The van der Waals surface area contributed by atoms with E-state index in [1.807, 2.05) is 66.7 Å². The van der Waals surface area contributed by atoms with Gasteiger partial charge >= 0.3 is 12.1 Å². The second-order valence-electron chi connectivity index (χ2n) is 19.3. The fourth-order valence-electron chi connectivity index (χ4n) is 9.72. The number of H-pyrrole nitrogens is 1. The first kappa shape index (κ1) is 49.2. The van der Waals surface area contributed by atoms with Crippen molar-refractivity contribution < 1.29 is 43.3 Å². The lowest BCUT2D eigenvalue weighted by molar-refractivity contribution is -0.147. The predicted octanol–water partition coefficient (Wildman–Crippen LogP) is 8.33. The lowest BCUT2D eigenvalue weighted by Crippen LogP contribution is -2.54. The fourth-order valence-corrected chi connectivity index (χ4v) is 9.72. The Morgan fingerprint density at radius 1 is 0.714 bits per heavy atom. The minimum atomic E-state index is -0.709. The molecule has 4 heterocycles. The topological polar surface area (TPSA) is 219 Å². The van der Waals surface area contributed by atoms with E-state index in [2.05, 4.69) is 31.2 Å². The van der Waals surface area contributed by atoms with Crippen molar-refractivity contribution in [2.45, 2.75) is 113 Å². The van der Waals surface area contributed by atoms with Crippen LogP contribution in [0.25, 0.3) is 21.8 Å². The summed E-state index contributed by atoms with van der Waals surface area (Å²) in [6, 6.07) is 25.5. The summed E-state index contributed by atoms with van der Waals surface area (Å²) >= 11 is 0. The number of aromatic nitrogens is 4. The highest BCUT2D eigenvalue weighted by atomic mass is 16.6. The highest BCUT2D eigenvalue weighted by Gasteiger charge is 2.51. The van der Waals surface area contributed by atoms with Crippen LogP contribution in [0.3, 0.4) is 0 Å². The number of hydrogen-bond acceptors (Lipinski definition) is 11. The molecule has 2 aliphatic carbocycles. The smallest absolute Gasteiger partial charge is 0.435 e. The van der Waals surface area contributed by atoms with E-state index in [1.165, 1.54) is 4.68 Å². The maximum Gasteiger partial charge on any atom is 0.435 e. The van der Waals surface area contributed by atoms with E-state index in [4.69, 9.17) is 14.2 Å². The molecule has 3 amide bonds. The molecule has 2 saturated heterocycles. The van der Waals surface area contributed by atoms with Gasteiger partial charge in [0.2, 0.25) is 17.7 Å². The van der Waals surface area contributed by atoms with E-state index < -0.39 is 34.5 Å². The van der Waals surface area contributed by atoms with Gasteiger partial charge in [-0.1, -0.05) is 49.2 Å². The molecule has 0 bridgehead atoms. The first-order chi connectivity index (χ1) is 33.7. The van der Waals surface area contributed by atoms with Gasteiger partial charge in [0.05, 0.1) is 65.9 Å². The number of benzene rings is 4. The highest BCUT2D eigenvalue weighted by Crippen LogP contribution is 2.47. The van der Waals surface area contributed by atoms with Gasteiger partial charge in [0.15, 0.2) is 0 Å². The summed E-state index contributed by atoms with van der Waals surface area (Å²) in [5.41, 5.74) is 2.96. The maximum atomic E-state index is 13.7. The number of carbonyl (C=O) groups is 5. The molecule has 17 heteroatoms. The molecular weight excluding hydrogens is 893 g/mol. The van der Waals surface area contributed by atoms with Gasteiger partial charge in [0, 0.05) is 17.3 Å². The molecule has 4 aliphatic rings. The zero-order chi connectivity index (χ0) is 49.6. The van der Waals surface area contributed by atoms with Gasteiger partial charge in [-0.3, -0.25) is 24.3 Å². The molecule has 0 unspecified atom stereocenters. The minimum absolute atomic E-state index is 0.0648. The fraction of sp³-hybridized carbons (Fsp3) is 0.415. The van der Waals surface area contributed by atoms with Gasteiger partial charge in [-0.2, -0.15) is 14.9 Å². The van der Waals surface area contributed by atoms with Crippen LogP contribution in [0.1, 0.15) is 96.1 Å². The number of amides is 3. The quantitative estimate of drug-likeness (QED) is 0.0875. The Hall–Kier alpha value is -7.27. The number of carbonyl (C=O) groups excluding carboxylic acids is 4. The molecule has 2 aromatic heterocycles. The van der Waals surface area contributed by atoms with E-state index >= 15 is 0 Å². The molecule has 2 aliphatic heterocycles. The first-order valence-corrected chi connectivity index (χ1v) is 24.0. The molecule has 70 heavy (non-hydrogen) atoms. The number of methoxy groups -OCH3 is 2. The van der Waals surface area contributed by atoms with Crippen molar-refractivity contribution in [1.29, 1.82) is 0 Å². The Kier molecular flexibility index (Phi) is 14.6. The van der Waals surface area contributed by atoms with Crippen LogP contribution in [0.5, 0.6) is 11.5 Å². The van der Waals surface area contributed by atoms with Crippen molar-refractivity contribution >= 4 is 63.0 Å². The average molecular weight is 955 g/mol. The molecule has 0 radical (unpaired) electrons. The summed E-state index contributed by atoms with van der Waals surface area (Å²) in [6.07, 6.45) is 11.2. The molecule has 368 valence electrons. The number of ether oxygens (including phenoxy) is 3. The number of nitrogens with zero attached hydrogens (tertiary/aromatic N) is 4. The first-order valence-electron chi connectivity index (χ1n) is 24.0. The van der Waals surface area contributed by atoms with Crippen LogP contribution in [0, 0.1) is 0 Å². The Labute approximate surface area is 406 Å². The number of fused-ring (bicyclic) bond motifs is 2. The lowest BCUT2D eigenvalue weighted by atomic mass is 9.63. The molecule has 4 aromatic carbocycles. The lowest BCUT2D eigenvalue weighted by Gasteiger charge is -2.44. The van der Waals surface area contributed by atoms with Crippen LogP contribution in [-0.4, -0.2) is 105 Å². The second-order valence-corrected chi connectivity index (χ2v) is 19.3. The number of carboxylic acid groups (broad SMARTS) is 1. The highest BCUT2D eigenvalue weighted by molar-refractivity contribution is 6.05. The third-order valence-corrected chi connectivity index (χ3v) is 13.9. The average Bonchev–Trinajstić information content (AvgIpc) is 4.17. The normalized spacial score (nSPS) is 18.7. The van der Waals surface area contributed by atoms with E-state index in [1.54, 1.807) is 70.5 Å². The molecule has 5 N–H and O–H groups in total. The maximum absolute atomic E-state index is 13.7. The van der Waals surface area contributed by atoms with E-state index in [0.717, 1.165) is 97.9 Å². The summed E-state index contributed by atoms with van der Waals surface area (Å²) in [7, 11) is 3.24. The number of carboxylic acids is 1. The van der Waals surface area contributed by atoms with Crippen LogP contribution in [0.15, 0.2) is 97.3 Å². The van der Waals surface area contributed by atoms with Crippen LogP contribution < -0.4 is 25.4 Å². The van der Waals surface area contributed by atoms with Crippen LogP contribution in [-0.2, 0) is 34.7 Å². The molecule has 2 saturated carbocycles. The number of nitrogens with one attached hydrogen (secondary N) is 4. The minimum Gasteiger partial charge on any atom is -0.497 e. The van der Waals surface area contributed by atoms with Crippen LogP contribution in [0.4, 0.5) is 16.2 Å². The summed E-state index contributed by atoms with van der Waals surface area (Å²) in [5.74, 6) is 0.701. The Morgan fingerprint density at radius 3 is 1.87 bits per heavy atom. The zero-order valence-electron chi connectivity index (χ0n) is 40.4. The van der Waals surface area contributed by atoms with Crippen molar-refractivity contribution in [1.82, 2.24) is 30.2 Å². The Morgan fingerprint density at radius 2 is 1.31 bits per heavy atom. The molecule has 6 aromatic rings. The van der Waals surface area contributed by atoms with E-state index in [9.17, 15) is 29.1 Å². The summed E-state index contributed by atoms with van der Waals surface area (Å²) in [4.78, 5) is 64.5. The van der Waals surface area contributed by atoms with E-state index in [-0.39, 0.29) is 23.8 Å². The summed E-state index contributed by atoms with van der Waals surface area (Å²) < 4.78 is 16.9. The van der Waals surface area contributed by atoms with Crippen LogP contribution >= 0.6 is 0 Å². The molecule has 10 rings (SSSR count). The number of likely N-dealkylation sites (tertiary alicyclic amines) is 1. The molecule has 2 atom stereocenters. The molecule has 4 fully saturated rings. The van der Waals surface area contributed by atoms with Gasteiger partial charge in [0.1, 0.15) is 23.1 Å². The second kappa shape index (κ2) is 20.8. The molecular formula is C53H62N8O9. The Balaban J connectivity index is 0.000000150. The van der Waals surface area contributed by atoms with Gasteiger partial charge < -0.3 is 40.2 Å². The van der Waals surface area contributed by atoms with Crippen LogP contribution in [0.2, 0.25) is 0 Å². The standard InChI is InChI=1S/C24H26N4O3.C17H22N4O3.C12H14O3/c1-31-17-10-8-16(9-11-17)24(12-4-13-24)23(30)28-14-3-7-21(28)22(29)26-19-5-2-6-20-18(19)15-25-27-20;1-17(2,3)24-16(23)21-14-8-4-6-12(11(14)10-19-21)20-15(22)13-7-5-9-18-13;1-15-10-5-3-9(4-6-10)12(11(13)14)7-2-8-12/h2,5-6,8-11,15,21H,3-4,7,12-14H2,1H3,(H,25,27)(H,26,29);4,6,8,10,13,18H,5,7,9H2,1-3H3,(H,20,22);3-6H,2,7-8H2,1H3,(H,13,14)/t21-;13-;/m11./s1. The van der Waals surface area contributed by atoms with Gasteiger partial charge in [0.25, 0.3) is 0 Å². The summed E-state index contributed by atoms with van der Waals surface area (Å²) in [6.45, 7) is 6.88. The monoisotopic (exact) mass is 954 g/mol. The predicted molar refractivity (Wildman–Crippen MR) is 265 cm³/mol. The SMILES string of the molecule is CC(C)(C)OC(=O)n1ncc2c(NC(=O)[C@H]3CCCN3)cccc21.COc1ccc(C2(C(=O)N3CCC[C@@H]3C(=O)Nc3cccc4[nH]ncc34)CCC2)cc1.COc1ccc(C2(C(=O)O)CCC2)cc1. The van der Waals surface area contributed by atoms with Gasteiger partial charge in [-0.25, -0.2) is 4.79 Å². The van der Waals surface area contributed by atoms with E-state index in [0.29, 0.717) is 35.2 Å². The van der Waals surface area contributed by atoms with Gasteiger partial charge in [-0.05, 0) is 138 Å². The Bertz CT molecular complexity index is 2840. The molecule has 17 nitrogen and oxygen atoms in total. The number of rotatable bonds is 10. The van der Waals surface area contributed by atoms with Crippen molar-refractivity contribution in [3.63, 3.8) is 0 Å². The third-order valence-electron chi connectivity index (χ3n) is 13.9. The number of hydrogen-bond donors (Lipinski definition) is 5. The van der Waals surface area contributed by atoms with Crippen molar-refractivity contribution in [3.8, 4) is 11.5 Å². The van der Waals surface area contributed by atoms with Crippen molar-refractivity contribution in [2.75, 3.05) is 37.9 Å². The largest absolute Gasteiger partial charge is 0.497 e. The third kappa shape index (κ3) is 10.2. The number of aliphatic carboxylic acids is 1. The zero-order valence-corrected chi connectivity index (χ0v) is 40.4. The van der Waals surface area contributed by atoms with Crippen molar-refractivity contribution in [2.24, 2.45) is 0 Å². The summed E-state index contributed by atoms with van der Waals surface area (Å²) in [5, 5.41) is 31.0. The van der Waals surface area contributed by atoms with Gasteiger partial charge in [-0.15, -0.1) is 0 Å². The number of anilines is 2.